The number of hydrogen-bond acceptors (Lipinski definition) is 5. The van der Waals surface area contributed by atoms with Gasteiger partial charge in [0.25, 0.3) is 5.69 Å². The monoisotopic (exact) mass is 453 g/mol. The van der Waals surface area contributed by atoms with Crippen molar-refractivity contribution >= 4 is 32.2 Å². The molecule has 0 unspecified atom stereocenters. The molecule has 0 aliphatic carbocycles. The predicted octanol–water partition coefficient (Wildman–Crippen LogP) is 4.55. The standard InChI is InChI=1S/C20H18F3N3O4S/c21-20(22,23)18-13-16(26(27)28)7-9-19(18)24-10-3-11-25-31(29,30)17-8-6-14-4-1-2-5-15(14)12-17/h1-2,4-9,12-13,24-25H,3,10-11H2. The van der Waals surface area contributed by atoms with E-state index in [2.05, 4.69) is 10.0 Å². The predicted molar refractivity (Wildman–Crippen MR) is 110 cm³/mol. The lowest BCUT2D eigenvalue weighted by atomic mass is 10.1. The molecule has 2 N–H and O–H groups in total. The van der Waals surface area contributed by atoms with Gasteiger partial charge in [0, 0.05) is 30.9 Å². The summed E-state index contributed by atoms with van der Waals surface area (Å²) in [7, 11) is -3.78. The zero-order valence-electron chi connectivity index (χ0n) is 16.0. The van der Waals surface area contributed by atoms with Crippen LogP contribution in [0.3, 0.4) is 0 Å². The summed E-state index contributed by atoms with van der Waals surface area (Å²) in [6.45, 7) is 0.0254. The van der Waals surface area contributed by atoms with Crippen molar-refractivity contribution in [3.8, 4) is 0 Å². The molecule has 0 aliphatic heterocycles. The summed E-state index contributed by atoms with van der Waals surface area (Å²) >= 11 is 0. The van der Waals surface area contributed by atoms with Crippen LogP contribution in [-0.4, -0.2) is 26.4 Å². The summed E-state index contributed by atoms with van der Waals surface area (Å²) in [6, 6.07) is 14.4. The number of nitro groups is 1. The molecule has 0 fully saturated rings. The number of anilines is 1. The van der Waals surface area contributed by atoms with Crippen molar-refractivity contribution < 1.29 is 26.5 Å². The number of alkyl halides is 3. The Hall–Kier alpha value is -3.18. The molecule has 11 heteroatoms. The van der Waals surface area contributed by atoms with E-state index < -0.39 is 32.4 Å². The number of nitrogens with zero attached hydrogens (tertiary/aromatic N) is 1. The van der Waals surface area contributed by atoms with E-state index in [9.17, 15) is 31.7 Å². The third kappa shape index (κ3) is 5.50. The number of nitro benzene ring substituents is 1. The molecule has 164 valence electrons. The number of nitrogens with one attached hydrogen (secondary N) is 2. The molecule has 0 aromatic heterocycles. The topological polar surface area (TPSA) is 101 Å². The molecule has 0 aliphatic rings. The molecule has 7 nitrogen and oxygen atoms in total. The van der Waals surface area contributed by atoms with Gasteiger partial charge in [-0.1, -0.05) is 30.3 Å². The molecular formula is C20H18F3N3O4S. The van der Waals surface area contributed by atoms with Gasteiger partial charge in [-0.15, -0.1) is 0 Å². The first-order valence-electron chi connectivity index (χ1n) is 9.16. The fourth-order valence-corrected chi connectivity index (χ4v) is 4.08. The fourth-order valence-electron chi connectivity index (χ4n) is 2.97. The average Bonchev–Trinajstić information content (AvgIpc) is 2.72. The van der Waals surface area contributed by atoms with Gasteiger partial charge >= 0.3 is 6.18 Å². The molecule has 0 atom stereocenters. The van der Waals surface area contributed by atoms with Gasteiger partial charge in [0.05, 0.1) is 15.4 Å². The quantitative estimate of drug-likeness (QED) is 0.296. The zero-order chi connectivity index (χ0) is 22.6. The molecule has 31 heavy (non-hydrogen) atoms. The lowest BCUT2D eigenvalue weighted by molar-refractivity contribution is -0.385. The Morgan fingerprint density at radius 3 is 2.32 bits per heavy atom. The number of benzene rings is 3. The minimum Gasteiger partial charge on any atom is -0.384 e. The minimum atomic E-state index is -4.77. The minimum absolute atomic E-state index is 0.00348. The molecule has 0 saturated heterocycles. The SMILES string of the molecule is O=[N+]([O-])c1ccc(NCCCNS(=O)(=O)c2ccc3ccccc3c2)c(C(F)(F)F)c1. The molecule has 0 bridgehead atoms. The van der Waals surface area contributed by atoms with Crippen LogP contribution >= 0.6 is 0 Å². The highest BCUT2D eigenvalue weighted by Gasteiger charge is 2.35. The van der Waals surface area contributed by atoms with Crippen molar-refractivity contribution in [1.29, 1.82) is 0 Å². The molecule has 3 rings (SSSR count). The molecular weight excluding hydrogens is 435 g/mol. The fraction of sp³-hybridized carbons (Fsp3) is 0.200. The van der Waals surface area contributed by atoms with Gasteiger partial charge in [0.1, 0.15) is 0 Å². The molecule has 0 saturated carbocycles. The normalized spacial score (nSPS) is 12.1. The number of sulfonamides is 1. The number of hydrogen-bond donors (Lipinski definition) is 2. The lowest BCUT2D eigenvalue weighted by Crippen LogP contribution is -2.26. The van der Waals surface area contributed by atoms with Gasteiger partial charge in [0.15, 0.2) is 0 Å². The van der Waals surface area contributed by atoms with E-state index in [0.717, 1.165) is 22.9 Å². The van der Waals surface area contributed by atoms with E-state index >= 15 is 0 Å². The van der Waals surface area contributed by atoms with Gasteiger partial charge in [0.2, 0.25) is 10.0 Å². The second-order valence-corrected chi connectivity index (χ2v) is 8.44. The van der Waals surface area contributed by atoms with Crippen LogP contribution < -0.4 is 10.0 Å². The van der Waals surface area contributed by atoms with Gasteiger partial charge in [-0.05, 0) is 35.4 Å². The smallest absolute Gasteiger partial charge is 0.384 e. The molecule has 0 amide bonds. The maximum absolute atomic E-state index is 13.2. The van der Waals surface area contributed by atoms with Crippen LogP contribution in [0, 0.1) is 10.1 Å². The summed E-state index contributed by atoms with van der Waals surface area (Å²) in [5.74, 6) is 0. The van der Waals surface area contributed by atoms with Crippen molar-refractivity contribution in [2.75, 3.05) is 18.4 Å². The Balaban J connectivity index is 1.60. The Bertz CT molecular complexity index is 1210. The summed E-state index contributed by atoms with van der Waals surface area (Å²) in [6.07, 6.45) is -4.58. The van der Waals surface area contributed by atoms with E-state index in [1.165, 1.54) is 6.07 Å². The highest BCUT2D eigenvalue weighted by molar-refractivity contribution is 7.89. The summed E-state index contributed by atoms with van der Waals surface area (Å²) < 4.78 is 66.8. The second-order valence-electron chi connectivity index (χ2n) is 6.67. The van der Waals surface area contributed by atoms with Crippen molar-refractivity contribution in [2.24, 2.45) is 0 Å². The van der Waals surface area contributed by atoms with E-state index in [1.807, 2.05) is 12.1 Å². The molecule has 0 heterocycles. The van der Waals surface area contributed by atoms with Crippen LogP contribution in [0.4, 0.5) is 24.5 Å². The Morgan fingerprint density at radius 2 is 1.65 bits per heavy atom. The average molecular weight is 453 g/mol. The van der Waals surface area contributed by atoms with Crippen LogP contribution in [0.5, 0.6) is 0 Å². The highest BCUT2D eigenvalue weighted by Crippen LogP contribution is 2.37. The first-order chi connectivity index (χ1) is 14.6. The van der Waals surface area contributed by atoms with Crippen molar-refractivity contribution in [3.05, 3.63) is 76.3 Å². The van der Waals surface area contributed by atoms with Gasteiger partial charge in [-0.2, -0.15) is 13.2 Å². The summed E-state index contributed by atoms with van der Waals surface area (Å²) in [5.41, 5.74) is -2.13. The lowest BCUT2D eigenvalue weighted by Gasteiger charge is -2.14. The molecule has 3 aromatic rings. The van der Waals surface area contributed by atoms with Crippen molar-refractivity contribution in [3.63, 3.8) is 0 Å². The Morgan fingerprint density at radius 1 is 0.935 bits per heavy atom. The number of non-ortho nitro benzene ring substituents is 1. The highest BCUT2D eigenvalue weighted by atomic mass is 32.2. The zero-order valence-corrected chi connectivity index (χ0v) is 16.8. The summed E-state index contributed by atoms with van der Waals surface area (Å²) in [4.78, 5) is 9.92. The number of rotatable bonds is 8. The number of halogens is 3. The Labute approximate surface area is 176 Å². The van der Waals surface area contributed by atoms with Crippen LogP contribution in [0.15, 0.2) is 65.6 Å². The van der Waals surface area contributed by atoms with Gasteiger partial charge in [-0.3, -0.25) is 10.1 Å². The van der Waals surface area contributed by atoms with E-state index in [4.69, 9.17) is 0 Å². The first-order valence-corrected chi connectivity index (χ1v) is 10.6. The van der Waals surface area contributed by atoms with Crippen LogP contribution in [0.1, 0.15) is 12.0 Å². The van der Waals surface area contributed by atoms with Gasteiger partial charge < -0.3 is 5.32 Å². The molecule has 3 aromatic carbocycles. The van der Waals surface area contributed by atoms with E-state index in [-0.39, 0.29) is 30.1 Å². The van der Waals surface area contributed by atoms with Crippen molar-refractivity contribution in [1.82, 2.24) is 4.72 Å². The second kappa shape index (κ2) is 8.90. The summed E-state index contributed by atoms with van der Waals surface area (Å²) in [5, 5.41) is 15.0. The molecule has 0 radical (unpaired) electrons. The first kappa shape index (κ1) is 22.5. The van der Waals surface area contributed by atoms with Gasteiger partial charge in [-0.25, -0.2) is 13.1 Å². The van der Waals surface area contributed by atoms with Crippen molar-refractivity contribution in [2.45, 2.75) is 17.5 Å². The van der Waals surface area contributed by atoms with Crippen LogP contribution in [0.2, 0.25) is 0 Å². The van der Waals surface area contributed by atoms with Crippen LogP contribution in [-0.2, 0) is 16.2 Å². The maximum Gasteiger partial charge on any atom is 0.418 e. The van der Waals surface area contributed by atoms with Crippen LogP contribution in [0.25, 0.3) is 10.8 Å². The Kier molecular flexibility index (Phi) is 6.46. The number of fused-ring (bicyclic) bond motifs is 1. The third-order valence-corrected chi connectivity index (χ3v) is 5.97. The molecule has 0 spiro atoms. The third-order valence-electron chi connectivity index (χ3n) is 4.51. The maximum atomic E-state index is 13.2. The largest absolute Gasteiger partial charge is 0.418 e. The van der Waals surface area contributed by atoms with E-state index in [1.54, 1.807) is 24.3 Å². The van der Waals surface area contributed by atoms with E-state index in [0.29, 0.717) is 6.07 Å².